The van der Waals surface area contributed by atoms with Crippen LogP contribution in [0.15, 0.2) is 18.2 Å². The molecular formula is C12H13Cl2N3O4. The van der Waals surface area contributed by atoms with Gasteiger partial charge in [0, 0.05) is 0 Å². The number of carboxylic acids is 1. The van der Waals surface area contributed by atoms with Crippen molar-refractivity contribution >= 4 is 46.7 Å². The third kappa shape index (κ3) is 5.99. The lowest BCUT2D eigenvalue weighted by Crippen LogP contribution is -2.41. The van der Waals surface area contributed by atoms with E-state index in [1.54, 1.807) is 18.2 Å². The van der Waals surface area contributed by atoms with E-state index in [0.29, 0.717) is 5.69 Å². The van der Waals surface area contributed by atoms with E-state index in [4.69, 9.17) is 34.0 Å². The van der Waals surface area contributed by atoms with Gasteiger partial charge in [0.05, 0.1) is 35.4 Å². The van der Waals surface area contributed by atoms with Crippen LogP contribution in [0.4, 0.5) is 5.69 Å². The normalized spacial score (nSPS) is 10.4. The first-order valence-electron chi connectivity index (χ1n) is 5.76. The number of amides is 2. The average Bonchev–Trinajstić information content (AvgIpc) is 2.33. The van der Waals surface area contributed by atoms with E-state index in [2.05, 4.69) is 5.32 Å². The Morgan fingerprint density at radius 2 is 1.86 bits per heavy atom. The molecule has 0 bridgehead atoms. The maximum absolute atomic E-state index is 11.8. The summed E-state index contributed by atoms with van der Waals surface area (Å²) >= 11 is 11.7. The highest BCUT2D eigenvalue weighted by Gasteiger charge is 2.17. The van der Waals surface area contributed by atoms with E-state index in [1.165, 1.54) is 0 Å². The Bertz CT molecular complexity index is 549. The predicted octanol–water partition coefficient (Wildman–Crippen LogP) is 0.804. The Morgan fingerprint density at radius 1 is 1.19 bits per heavy atom. The molecule has 0 saturated heterocycles. The van der Waals surface area contributed by atoms with Crippen molar-refractivity contribution in [3.8, 4) is 0 Å². The van der Waals surface area contributed by atoms with Gasteiger partial charge in [-0.2, -0.15) is 0 Å². The minimum Gasteiger partial charge on any atom is -0.480 e. The van der Waals surface area contributed by atoms with Crippen LogP contribution in [0.3, 0.4) is 0 Å². The summed E-state index contributed by atoms with van der Waals surface area (Å²) in [5.41, 5.74) is 5.29. The number of primary amides is 1. The molecule has 0 fully saturated rings. The molecule has 0 aliphatic carbocycles. The molecule has 0 heterocycles. The summed E-state index contributed by atoms with van der Waals surface area (Å²) in [6.07, 6.45) is 0. The lowest BCUT2D eigenvalue weighted by molar-refractivity contribution is -0.138. The highest BCUT2D eigenvalue weighted by Crippen LogP contribution is 2.29. The van der Waals surface area contributed by atoms with Crippen LogP contribution in [0.1, 0.15) is 0 Å². The van der Waals surface area contributed by atoms with Crippen LogP contribution in [-0.4, -0.2) is 47.4 Å². The van der Waals surface area contributed by atoms with Gasteiger partial charge in [0.2, 0.25) is 11.8 Å². The molecular weight excluding hydrogens is 321 g/mol. The maximum atomic E-state index is 11.8. The van der Waals surface area contributed by atoms with Gasteiger partial charge >= 0.3 is 5.97 Å². The van der Waals surface area contributed by atoms with Crippen LogP contribution in [0, 0.1) is 0 Å². The summed E-state index contributed by atoms with van der Waals surface area (Å²) in [6.45, 7) is -1.15. The summed E-state index contributed by atoms with van der Waals surface area (Å²) in [7, 11) is 0. The number of aliphatic carboxylic acids is 1. The number of carbonyl (C=O) groups is 3. The molecule has 0 spiro atoms. The second kappa shape index (κ2) is 7.82. The molecule has 0 aliphatic heterocycles. The van der Waals surface area contributed by atoms with Gasteiger partial charge in [0.1, 0.15) is 0 Å². The Kier molecular flexibility index (Phi) is 6.41. The number of hydrogen-bond donors (Lipinski definition) is 3. The highest BCUT2D eigenvalue weighted by atomic mass is 35.5. The molecule has 4 N–H and O–H groups in total. The fraction of sp³-hybridized carbons (Fsp3) is 0.250. The van der Waals surface area contributed by atoms with Gasteiger partial charge in [-0.1, -0.05) is 29.3 Å². The van der Waals surface area contributed by atoms with E-state index in [9.17, 15) is 14.4 Å². The highest BCUT2D eigenvalue weighted by molar-refractivity contribution is 6.44. The molecule has 0 radical (unpaired) electrons. The first-order chi connectivity index (χ1) is 9.79. The first-order valence-corrected chi connectivity index (χ1v) is 6.51. The van der Waals surface area contributed by atoms with Crippen molar-refractivity contribution in [2.75, 3.05) is 25.0 Å². The van der Waals surface area contributed by atoms with Crippen molar-refractivity contribution in [2.45, 2.75) is 0 Å². The first kappa shape index (κ1) is 17.2. The van der Waals surface area contributed by atoms with E-state index in [1.807, 2.05) is 0 Å². The third-order valence-corrected chi connectivity index (χ3v) is 3.15. The minimum absolute atomic E-state index is 0.173. The largest absolute Gasteiger partial charge is 0.480 e. The second-order valence-corrected chi connectivity index (χ2v) is 4.94. The fourth-order valence-electron chi connectivity index (χ4n) is 1.57. The Morgan fingerprint density at radius 3 is 2.43 bits per heavy atom. The van der Waals surface area contributed by atoms with Crippen LogP contribution in [0.5, 0.6) is 0 Å². The molecule has 1 rings (SSSR count). The lowest BCUT2D eigenvalue weighted by atomic mass is 10.3. The molecule has 0 aliphatic rings. The zero-order chi connectivity index (χ0) is 16.0. The number of halogens is 2. The summed E-state index contributed by atoms with van der Waals surface area (Å²) in [6, 6.07) is 4.70. The Balaban J connectivity index is 2.71. The van der Waals surface area contributed by atoms with Crippen LogP contribution in [-0.2, 0) is 14.4 Å². The summed E-state index contributed by atoms with van der Waals surface area (Å²) in [4.78, 5) is 34.5. The number of carbonyl (C=O) groups excluding carboxylic acids is 2. The molecule has 0 aromatic heterocycles. The Labute approximate surface area is 130 Å². The number of nitrogens with zero attached hydrogens (tertiary/aromatic N) is 1. The zero-order valence-corrected chi connectivity index (χ0v) is 12.3. The standard InChI is InChI=1S/C12H13Cl2N3O4/c13-7-2-1-3-8(12(7)14)16-10(19)5-17(4-9(15)18)6-11(20)21/h1-3H,4-6H2,(H2,15,18)(H,16,19)(H,20,21). The van der Waals surface area contributed by atoms with Crippen molar-refractivity contribution < 1.29 is 19.5 Å². The van der Waals surface area contributed by atoms with Crippen molar-refractivity contribution in [3.63, 3.8) is 0 Å². The molecule has 7 nitrogen and oxygen atoms in total. The topological polar surface area (TPSA) is 113 Å². The number of nitrogens with one attached hydrogen (secondary N) is 1. The van der Waals surface area contributed by atoms with Gasteiger partial charge < -0.3 is 16.2 Å². The molecule has 0 atom stereocenters. The SMILES string of the molecule is NC(=O)CN(CC(=O)O)CC(=O)Nc1cccc(Cl)c1Cl. The quantitative estimate of drug-likeness (QED) is 0.683. The van der Waals surface area contributed by atoms with Crippen molar-refractivity contribution in [1.29, 1.82) is 0 Å². The number of rotatable bonds is 7. The van der Waals surface area contributed by atoms with Crippen molar-refractivity contribution in [2.24, 2.45) is 5.73 Å². The van der Waals surface area contributed by atoms with Gasteiger partial charge in [-0.25, -0.2) is 0 Å². The Hall–Kier alpha value is -1.83. The molecule has 0 saturated carbocycles. The third-order valence-electron chi connectivity index (χ3n) is 2.33. The zero-order valence-electron chi connectivity index (χ0n) is 10.8. The summed E-state index contributed by atoms with van der Waals surface area (Å²) in [5.74, 6) is -2.45. The lowest BCUT2D eigenvalue weighted by Gasteiger charge is -2.18. The van der Waals surface area contributed by atoms with Crippen molar-refractivity contribution in [1.82, 2.24) is 4.90 Å². The van der Waals surface area contributed by atoms with Crippen LogP contribution in [0.2, 0.25) is 10.0 Å². The molecule has 2 amide bonds. The van der Waals surface area contributed by atoms with Crippen LogP contribution in [0.25, 0.3) is 0 Å². The van der Waals surface area contributed by atoms with Gasteiger partial charge in [-0.05, 0) is 12.1 Å². The minimum atomic E-state index is -1.18. The average molecular weight is 334 g/mol. The number of carboxylic acid groups (broad SMARTS) is 1. The smallest absolute Gasteiger partial charge is 0.317 e. The molecule has 9 heteroatoms. The van der Waals surface area contributed by atoms with E-state index >= 15 is 0 Å². The molecule has 114 valence electrons. The van der Waals surface area contributed by atoms with Crippen LogP contribution < -0.4 is 11.1 Å². The second-order valence-electron chi connectivity index (χ2n) is 4.15. The van der Waals surface area contributed by atoms with Crippen LogP contribution >= 0.6 is 23.2 Å². The van der Waals surface area contributed by atoms with E-state index in [-0.39, 0.29) is 23.1 Å². The molecule has 1 aromatic carbocycles. The monoisotopic (exact) mass is 333 g/mol. The number of benzene rings is 1. The number of nitrogens with two attached hydrogens (primary N) is 1. The van der Waals surface area contributed by atoms with Gasteiger partial charge in [-0.3, -0.25) is 19.3 Å². The number of hydrogen-bond acceptors (Lipinski definition) is 4. The van der Waals surface area contributed by atoms with Gasteiger partial charge in [-0.15, -0.1) is 0 Å². The van der Waals surface area contributed by atoms with Gasteiger partial charge in [0.25, 0.3) is 0 Å². The molecule has 0 unspecified atom stereocenters. The fourth-order valence-corrected chi connectivity index (χ4v) is 1.92. The summed E-state index contributed by atoms with van der Waals surface area (Å²) in [5, 5.41) is 11.6. The molecule has 1 aromatic rings. The summed E-state index contributed by atoms with van der Waals surface area (Å²) < 4.78 is 0. The van der Waals surface area contributed by atoms with Gasteiger partial charge in [0.15, 0.2) is 0 Å². The van der Waals surface area contributed by atoms with E-state index in [0.717, 1.165) is 4.90 Å². The number of anilines is 1. The predicted molar refractivity (Wildman–Crippen MR) is 78.4 cm³/mol. The van der Waals surface area contributed by atoms with E-state index < -0.39 is 24.3 Å². The van der Waals surface area contributed by atoms with Crippen molar-refractivity contribution in [3.05, 3.63) is 28.2 Å². The molecule has 21 heavy (non-hydrogen) atoms. The maximum Gasteiger partial charge on any atom is 0.317 e.